The summed E-state index contributed by atoms with van der Waals surface area (Å²) >= 11 is 0. The first-order valence-corrected chi connectivity index (χ1v) is 9.87. The Morgan fingerprint density at radius 3 is 2.48 bits per heavy atom. The van der Waals surface area contributed by atoms with Gasteiger partial charge in [-0.3, -0.25) is 9.59 Å². The quantitative estimate of drug-likeness (QED) is 0.851. The Kier molecular flexibility index (Phi) is 5.79. The molecule has 0 unspecified atom stereocenters. The number of aliphatic hydroxyl groups excluding tert-OH is 1. The predicted octanol–water partition coefficient (Wildman–Crippen LogP) is 1.67. The third-order valence-corrected chi connectivity index (χ3v) is 5.97. The lowest BCUT2D eigenvalue weighted by Crippen LogP contribution is -2.43. The van der Waals surface area contributed by atoms with Crippen molar-refractivity contribution in [2.75, 3.05) is 26.2 Å². The van der Waals surface area contributed by atoms with Crippen LogP contribution >= 0.6 is 0 Å². The van der Waals surface area contributed by atoms with Crippen molar-refractivity contribution in [3.63, 3.8) is 0 Å². The van der Waals surface area contributed by atoms with Crippen molar-refractivity contribution < 1.29 is 14.7 Å². The van der Waals surface area contributed by atoms with Crippen molar-refractivity contribution in [1.29, 1.82) is 0 Å². The van der Waals surface area contributed by atoms with Crippen LogP contribution < -0.4 is 0 Å². The number of aryl methyl sites for hydroxylation is 1. The number of carbonyl (C=O) groups is 2. The minimum Gasteiger partial charge on any atom is -0.393 e. The summed E-state index contributed by atoms with van der Waals surface area (Å²) in [7, 11) is 0. The largest absolute Gasteiger partial charge is 0.393 e. The maximum atomic E-state index is 13.0. The smallest absolute Gasteiger partial charge is 0.272 e. The van der Waals surface area contributed by atoms with Gasteiger partial charge in [0.15, 0.2) is 0 Å². The van der Waals surface area contributed by atoms with Crippen LogP contribution in [0.1, 0.15) is 68.0 Å². The molecule has 0 spiro atoms. The summed E-state index contributed by atoms with van der Waals surface area (Å²) in [6.07, 6.45) is 3.49. The van der Waals surface area contributed by atoms with E-state index in [1.54, 1.807) is 11.8 Å². The van der Waals surface area contributed by atoms with Crippen molar-refractivity contribution in [2.45, 2.75) is 64.4 Å². The molecule has 2 aliphatic rings. The first-order chi connectivity index (χ1) is 12.8. The fraction of sp³-hybridized carbons (Fsp3) is 0.700. The maximum absolute atomic E-state index is 13.0. The molecule has 1 aromatic heterocycles. The number of rotatable bonds is 2. The van der Waals surface area contributed by atoms with E-state index >= 15 is 0 Å². The Morgan fingerprint density at radius 2 is 1.81 bits per heavy atom. The van der Waals surface area contributed by atoms with Crippen LogP contribution in [0.4, 0.5) is 0 Å². The lowest BCUT2D eigenvalue weighted by atomic mass is 9.77. The zero-order chi connectivity index (χ0) is 19.6. The highest BCUT2D eigenvalue weighted by Crippen LogP contribution is 2.34. The molecule has 148 valence electrons. The molecule has 2 fully saturated rings. The van der Waals surface area contributed by atoms with E-state index in [1.807, 2.05) is 17.9 Å². The van der Waals surface area contributed by atoms with E-state index < -0.39 is 0 Å². The van der Waals surface area contributed by atoms with E-state index in [0.717, 1.165) is 31.4 Å². The van der Waals surface area contributed by atoms with Gasteiger partial charge in [-0.05, 0) is 45.1 Å². The molecule has 0 radical (unpaired) electrons. The van der Waals surface area contributed by atoms with Crippen LogP contribution in [0.5, 0.6) is 0 Å². The zero-order valence-electron chi connectivity index (χ0n) is 16.6. The number of carbonyl (C=O) groups excluding carboxylic acids is 2. The van der Waals surface area contributed by atoms with Gasteiger partial charge in [-0.1, -0.05) is 6.92 Å². The number of aromatic nitrogens is 2. The first kappa shape index (κ1) is 19.7. The second-order valence-corrected chi connectivity index (χ2v) is 8.13. The van der Waals surface area contributed by atoms with E-state index in [1.165, 1.54) is 0 Å². The molecule has 7 nitrogen and oxygen atoms in total. The normalized spacial score (nSPS) is 23.0. The Morgan fingerprint density at radius 1 is 1.11 bits per heavy atom. The van der Waals surface area contributed by atoms with Crippen molar-refractivity contribution in [1.82, 2.24) is 19.8 Å². The van der Waals surface area contributed by atoms with E-state index in [0.29, 0.717) is 44.1 Å². The Balaban J connectivity index is 1.80. The molecule has 2 saturated heterocycles. The van der Waals surface area contributed by atoms with Gasteiger partial charge < -0.3 is 14.9 Å². The van der Waals surface area contributed by atoms with Crippen LogP contribution in [0.15, 0.2) is 6.07 Å². The van der Waals surface area contributed by atoms with E-state index in [4.69, 9.17) is 0 Å². The average Bonchev–Trinajstić information content (AvgIpc) is 2.85. The molecule has 2 amide bonds. The highest BCUT2D eigenvalue weighted by Gasteiger charge is 2.35. The number of hydrogen-bond donors (Lipinski definition) is 1. The van der Waals surface area contributed by atoms with Crippen LogP contribution in [0.3, 0.4) is 0 Å². The molecule has 3 heterocycles. The fourth-order valence-corrected chi connectivity index (χ4v) is 4.00. The monoisotopic (exact) mass is 374 g/mol. The summed E-state index contributed by atoms with van der Waals surface area (Å²) in [5.41, 5.74) is 1.16. The minimum absolute atomic E-state index is 0.0828. The SMILES string of the molecule is CC(=O)N1CCC(C)(c2cc(C(=O)N3CCC[C@@H](O)CC3)nc(C)n2)CC1. The van der Waals surface area contributed by atoms with Gasteiger partial charge in [0.25, 0.3) is 5.91 Å². The molecule has 0 saturated carbocycles. The topological polar surface area (TPSA) is 86.6 Å². The molecule has 3 rings (SSSR count). The summed E-state index contributed by atoms with van der Waals surface area (Å²) in [6, 6.07) is 1.83. The Labute approximate surface area is 160 Å². The van der Waals surface area contributed by atoms with Crippen LogP contribution in [0.2, 0.25) is 0 Å². The second-order valence-electron chi connectivity index (χ2n) is 8.13. The highest BCUT2D eigenvalue weighted by molar-refractivity contribution is 5.92. The highest BCUT2D eigenvalue weighted by atomic mass is 16.3. The van der Waals surface area contributed by atoms with Crippen molar-refractivity contribution in [3.05, 3.63) is 23.3 Å². The average molecular weight is 374 g/mol. The van der Waals surface area contributed by atoms with Gasteiger partial charge in [0.2, 0.25) is 5.91 Å². The molecule has 1 N–H and O–H groups in total. The molecule has 1 aromatic rings. The van der Waals surface area contributed by atoms with E-state index in [9.17, 15) is 14.7 Å². The molecular weight excluding hydrogens is 344 g/mol. The van der Waals surface area contributed by atoms with Crippen molar-refractivity contribution in [2.24, 2.45) is 0 Å². The molecule has 2 aliphatic heterocycles. The summed E-state index contributed by atoms with van der Waals surface area (Å²) in [5.74, 6) is 0.622. The maximum Gasteiger partial charge on any atom is 0.272 e. The number of amides is 2. The number of hydrogen-bond acceptors (Lipinski definition) is 5. The van der Waals surface area contributed by atoms with Crippen molar-refractivity contribution >= 4 is 11.8 Å². The number of nitrogens with zero attached hydrogens (tertiary/aromatic N) is 4. The van der Waals surface area contributed by atoms with Gasteiger partial charge in [0.1, 0.15) is 11.5 Å². The van der Waals surface area contributed by atoms with Gasteiger partial charge >= 0.3 is 0 Å². The predicted molar refractivity (Wildman–Crippen MR) is 101 cm³/mol. The molecule has 0 aromatic carbocycles. The summed E-state index contributed by atoms with van der Waals surface area (Å²) < 4.78 is 0. The fourth-order valence-electron chi connectivity index (χ4n) is 4.00. The van der Waals surface area contributed by atoms with Crippen molar-refractivity contribution in [3.8, 4) is 0 Å². The Bertz CT molecular complexity index is 713. The molecule has 1 atom stereocenters. The zero-order valence-corrected chi connectivity index (χ0v) is 16.6. The molecular formula is C20H30N4O3. The number of aliphatic hydroxyl groups is 1. The second kappa shape index (κ2) is 7.92. The summed E-state index contributed by atoms with van der Waals surface area (Å²) in [6.45, 7) is 8.21. The van der Waals surface area contributed by atoms with Crippen LogP contribution in [0, 0.1) is 6.92 Å². The van der Waals surface area contributed by atoms with Gasteiger partial charge in [-0.15, -0.1) is 0 Å². The lowest BCUT2D eigenvalue weighted by molar-refractivity contribution is -0.130. The molecule has 7 heteroatoms. The van der Waals surface area contributed by atoms with E-state index in [-0.39, 0.29) is 23.3 Å². The standard InChI is InChI=1S/C20H30N4O3/c1-14-21-17(19(27)24-9-4-5-16(26)6-10-24)13-18(22-14)20(3)7-11-23(12-8-20)15(2)25/h13,16,26H,4-12H2,1-3H3/t16-/m1/s1. The third-order valence-electron chi connectivity index (χ3n) is 5.97. The number of likely N-dealkylation sites (tertiary alicyclic amines) is 2. The third kappa shape index (κ3) is 4.46. The van der Waals surface area contributed by atoms with Gasteiger partial charge in [-0.2, -0.15) is 0 Å². The molecule has 0 aliphatic carbocycles. The minimum atomic E-state index is -0.323. The number of piperidine rings is 1. The molecule has 0 bridgehead atoms. The summed E-state index contributed by atoms with van der Waals surface area (Å²) in [5, 5.41) is 9.82. The van der Waals surface area contributed by atoms with Crippen LogP contribution in [0.25, 0.3) is 0 Å². The summed E-state index contributed by atoms with van der Waals surface area (Å²) in [4.78, 5) is 37.3. The van der Waals surface area contributed by atoms with Gasteiger partial charge in [0.05, 0.1) is 11.8 Å². The Hall–Kier alpha value is -2.02. The van der Waals surface area contributed by atoms with Crippen LogP contribution in [-0.4, -0.2) is 69.0 Å². The van der Waals surface area contributed by atoms with E-state index in [2.05, 4.69) is 16.9 Å². The van der Waals surface area contributed by atoms with Crippen LogP contribution in [-0.2, 0) is 10.2 Å². The van der Waals surface area contributed by atoms with Gasteiger partial charge in [0, 0.05) is 38.5 Å². The lowest BCUT2D eigenvalue weighted by Gasteiger charge is -2.38. The molecule has 27 heavy (non-hydrogen) atoms. The first-order valence-electron chi connectivity index (χ1n) is 9.87. The van der Waals surface area contributed by atoms with Gasteiger partial charge in [-0.25, -0.2) is 9.97 Å².